The largest absolute Gasteiger partial charge is 0.353 e. The number of amides is 1. The van der Waals surface area contributed by atoms with Crippen LogP contribution in [0.4, 0.5) is 0 Å². The van der Waals surface area contributed by atoms with Gasteiger partial charge >= 0.3 is 0 Å². The van der Waals surface area contributed by atoms with Gasteiger partial charge in [-0.1, -0.05) is 22.9 Å². The molecule has 4 heteroatoms. The molecule has 0 aromatic heterocycles. The summed E-state index contributed by atoms with van der Waals surface area (Å²) in [7, 11) is 0. The molecule has 0 saturated heterocycles. The number of carbonyl (C=O) groups is 1. The second-order valence-electron chi connectivity index (χ2n) is 2.57. The van der Waals surface area contributed by atoms with E-state index in [4.69, 9.17) is 0 Å². The summed E-state index contributed by atoms with van der Waals surface area (Å²) in [5.41, 5.74) is 0. The van der Waals surface area contributed by atoms with Gasteiger partial charge in [0.1, 0.15) is 0 Å². The fourth-order valence-electron chi connectivity index (χ4n) is 0.769. The Balaban J connectivity index is 3.40. The van der Waals surface area contributed by atoms with Crippen LogP contribution in [0, 0.1) is 0 Å². The molecule has 1 atom stereocenters. The lowest BCUT2D eigenvalue weighted by Gasteiger charge is -2.12. The van der Waals surface area contributed by atoms with Crippen molar-refractivity contribution in [2.75, 3.05) is 16.8 Å². The van der Waals surface area contributed by atoms with Gasteiger partial charge in [-0.25, -0.2) is 0 Å². The van der Waals surface area contributed by atoms with Crippen LogP contribution in [-0.2, 0) is 4.79 Å². The summed E-state index contributed by atoms with van der Waals surface area (Å²) < 4.78 is 0. The number of hydrogen-bond donors (Lipinski definition) is 1. The number of rotatable bonds is 6. The summed E-state index contributed by atoms with van der Waals surface area (Å²) in [6, 6.07) is 0.293. The zero-order valence-corrected chi connectivity index (χ0v) is 10.0. The number of carbonyl (C=O) groups excluding carboxylic acids is 1. The molecule has 1 N–H and O–H groups in total. The molecule has 0 spiro atoms. The zero-order valence-electron chi connectivity index (χ0n) is 7.60. The predicted octanol–water partition coefficient (Wildman–Crippen LogP) is 2.03. The molecule has 72 valence electrons. The highest BCUT2D eigenvalue weighted by Gasteiger charge is 2.05. The minimum Gasteiger partial charge on any atom is -0.353 e. The van der Waals surface area contributed by atoms with E-state index in [2.05, 4.69) is 28.2 Å². The van der Waals surface area contributed by atoms with E-state index in [-0.39, 0.29) is 5.91 Å². The van der Waals surface area contributed by atoms with Crippen LogP contribution >= 0.6 is 27.7 Å². The molecule has 0 saturated carbocycles. The van der Waals surface area contributed by atoms with Gasteiger partial charge < -0.3 is 5.32 Å². The van der Waals surface area contributed by atoms with Crippen LogP contribution in [0.15, 0.2) is 0 Å². The Morgan fingerprint density at radius 1 is 1.67 bits per heavy atom. The summed E-state index contributed by atoms with van der Waals surface area (Å²) in [5, 5.41) is 3.67. The fourth-order valence-corrected chi connectivity index (χ4v) is 1.80. The summed E-state index contributed by atoms with van der Waals surface area (Å²) in [6.07, 6.45) is 0.571. The zero-order chi connectivity index (χ0) is 9.40. The van der Waals surface area contributed by atoms with Crippen molar-refractivity contribution in [1.82, 2.24) is 5.32 Å². The van der Waals surface area contributed by atoms with Gasteiger partial charge in [-0.3, -0.25) is 4.79 Å². The van der Waals surface area contributed by atoms with Crippen molar-refractivity contribution in [3.05, 3.63) is 0 Å². The second kappa shape index (κ2) is 7.92. The molecule has 0 fully saturated rings. The smallest absolute Gasteiger partial charge is 0.221 e. The maximum Gasteiger partial charge on any atom is 0.221 e. The van der Waals surface area contributed by atoms with Crippen molar-refractivity contribution >= 4 is 33.6 Å². The third kappa shape index (κ3) is 6.98. The molecule has 0 aromatic carbocycles. The van der Waals surface area contributed by atoms with Gasteiger partial charge in [0.25, 0.3) is 0 Å². The lowest BCUT2D eigenvalue weighted by atomic mass is 10.3. The quantitative estimate of drug-likeness (QED) is 0.735. The standard InChI is InChI=1S/C8H16BrNOS/c1-3-12-6-7(2)10-8(11)4-5-9/h7H,3-6H2,1-2H3,(H,10,11). The summed E-state index contributed by atoms with van der Waals surface area (Å²) in [5.74, 6) is 2.25. The predicted molar refractivity (Wildman–Crippen MR) is 59.0 cm³/mol. The third-order valence-electron chi connectivity index (χ3n) is 1.30. The average Bonchev–Trinajstić information content (AvgIpc) is 2.01. The van der Waals surface area contributed by atoms with Crippen LogP contribution in [0.1, 0.15) is 20.3 Å². The van der Waals surface area contributed by atoms with Gasteiger partial charge in [-0.2, -0.15) is 11.8 Å². The first-order chi connectivity index (χ1) is 5.70. The number of thioether (sulfide) groups is 1. The van der Waals surface area contributed by atoms with E-state index >= 15 is 0 Å². The number of nitrogens with one attached hydrogen (secondary N) is 1. The first kappa shape index (κ1) is 12.3. The summed E-state index contributed by atoms with van der Waals surface area (Å²) in [6.45, 7) is 4.16. The van der Waals surface area contributed by atoms with Crippen LogP contribution in [0.3, 0.4) is 0 Å². The first-order valence-electron chi connectivity index (χ1n) is 4.13. The lowest BCUT2D eigenvalue weighted by molar-refractivity contribution is -0.121. The maximum absolute atomic E-state index is 11.1. The summed E-state index contributed by atoms with van der Waals surface area (Å²) in [4.78, 5) is 11.1. The van der Waals surface area contributed by atoms with E-state index < -0.39 is 0 Å². The van der Waals surface area contributed by atoms with Crippen LogP contribution in [0.25, 0.3) is 0 Å². The molecule has 0 heterocycles. The molecule has 0 rings (SSSR count). The van der Waals surface area contributed by atoms with Crippen molar-refractivity contribution in [2.45, 2.75) is 26.3 Å². The molecule has 1 unspecified atom stereocenters. The van der Waals surface area contributed by atoms with E-state index in [1.165, 1.54) is 0 Å². The molecular formula is C8H16BrNOS. The van der Waals surface area contributed by atoms with E-state index in [0.29, 0.717) is 12.5 Å². The van der Waals surface area contributed by atoms with Gasteiger partial charge in [-0.05, 0) is 12.7 Å². The molecule has 0 bridgehead atoms. The second-order valence-corrected chi connectivity index (χ2v) is 4.68. The van der Waals surface area contributed by atoms with Gasteiger partial charge in [0.05, 0.1) is 0 Å². The van der Waals surface area contributed by atoms with Crippen molar-refractivity contribution < 1.29 is 4.79 Å². The fraction of sp³-hybridized carbons (Fsp3) is 0.875. The molecule has 0 radical (unpaired) electrons. The van der Waals surface area contributed by atoms with Crippen LogP contribution < -0.4 is 5.32 Å². The molecule has 0 aromatic rings. The van der Waals surface area contributed by atoms with Crippen molar-refractivity contribution in [1.29, 1.82) is 0 Å². The highest BCUT2D eigenvalue weighted by Crippen LogP contribution is 2.01. The topological polar surface area (TPSA) is 29.1 Å². The maximum atomic E-state index is 11.1. The molecule has 1 amide bonds. The first-order valence-corrected chi connectivity index (χ1v) is 6.41. The lowest BCUT2D eigenvalue weighted by Crippen LogP contribution is -2.34. The van der Waals surface area contributed by atoms with E-state index in [1.807, 2.05) is 18.7 Å². The van der Waals surface area contributed by atoms with Gasteiger partial charge in [0.15, 0.2) is 0 Å². The molecule has 2 nitrogen and oxygen atoms in total. The van der Waals surface area contributed by atoms with Crippen LogP contribution in [0.5, 0.6) is 0 Å². The Hall–Kier alpha value is 0.300. The number of hydrogen-bond acceptors (Lipinski definition) is 2. The summed E-state index contributed by atoms with van der Waals surface area (Å²) >= 11 is 5.08. The minimum absolute atomic E-state index is 0.135. The highest BCUT2D eigenvalue weighted by atomic mass is 79.9. The highest BCUT2D eigenvalue weighted by molar-refractivity contribution is 9.09. The Bertz CT molecular complexity index is 132. The van der Waals surface area contributed by atoms with Gasteiger partial charge in [0.2, 0.25) is 5.91 Å². The average molecular weight is 254 g/mol. The van der Waals surface area contributed by atoms with Crippen molar-refractivity contribution in [2.24, 2.45) is 0 Å². The molecule has 0 aliphatic rings. The Kier molecular flexibility index (Phi) is 8.12. The molecular weight excluding hydrogens is 238 g/mol. The molecule has 0 aliphatic heterocycles. The number of halogens is 1. The molecule has 0 aliphatic carbocycles. The monoisotopic (exact) mass is 253 g/mol. The van der Waals surface area contributed by atoms with Gasteiger partial charge in [0, 0.05) is 23.5 Å². The van der Waals surface area contributed by atoms with E-state index in [9.17, 15) is 4.79 Å². The van der Waals surface area contributed by atoms with Crippen molar-refractivity contribution in [3.8, 4) is 0 Å². The Labute approximate surface area is 87.0 Å². The normalized spacial score (nSPS) is 12.6. The van der Waals surface area contributed by atoms with Crippen molar-refractivity contribution in [3.63, 3.8) is 0 Å². The van der Waals surface area contributed by atoms with Gasteiger partial charge in [-0.15, -0.1) is 0 Å². The Morgan fingerprint density at radius 3 is 2.83 bits per heavy atom. The number of alkyl halides is 1. The van der Waals surface area contributed by atoms with Crippen LogP contribution in [0.2, 0.25) is 0 Å². The Morgan fingerprint density at radius 2 is 2.33 bits per heavy atom. The SMILES string of the molecule is CCSCC(C)NC(=O)CCBr. The van der Waals surface area contributed by atoms with E-state index in [0.717, 1.165) is 16.8 Å². The van der Waals surface area contributed by atoms with E-state index in [1.54, 1.807) is 0 Å². The molecule has 12 heavy (non-hydrogen) atoms. The third-order valence-corrected chi connectivity index (χ3v) is 2.84. The minimum atomic E-state index is 0.135. The van der Waals surface area contributed by atoms with Crippen LogP contribution in [-0.4, -0.2) is 28.8 Å².